The second-order valence-corrected chi connectivity index (χ2v) is 16.6. The number of phenols is 2. The normalized spacial score (nSPS) is 15.2. The molecular weight excluding hydrogens is 786 g/mol. The first kappa shape index (κ1) is 42.4. The summed E-state index contributed by atoms with van der Waals surface area (Å²) in [5.41, 5.74) is 6.48. The molecule has 0 saturated carbocycles. The van der Waals surface area contributed by atoms with Crippen LogP contribution in [-0.2, 0) is 29.3 Å². The molecule has 300 valence electrons. The number of phenolic OH excluding ortho intramolecular Hbond substituents is 2. The van der Waals surface area contributed by atoms with Crippen LogP contribution < -0.4 is 26.4 Å². The highest BCUT2D eigenvalue weighted by Crippen LogP contribution is 2.57. The first-order valence-electron chi connectivity index (χ1n) is 17.7. The van der Waals surface area contributed by atoms with E-state index in [1.807, 2.05) is 0 Å². The van der Waals surface area contributed by atoms with E-state index in [2.05, 4.69) is 16.0 Å². The van der Waals surface area contributed by atoms with E-state index >= 15 is 0 Å². The standard InChI is InChI=1S/C37H44N5O11PS2/c1-20(38)33(46)40-21(2)34(47)42(32(14-16-56-3)54(49,50)51)31(45)7-5-4-6-15-39-36(55)41-22-8-11-26-25(17-22)35(48)53-37(26)27-12-9-23(43)18-29(27)52-30-19-24(44)10-13-28(30)37/h8-13,17-21,32,43-44H,4-7,14-16,38H2,1-3H3,(H,40,46)(H2,39,41,55)(H2,49,50,51)/t20-,21-,32?/m0/s1. The fourth-order valence-corrected chi connectivity index (χ4v) is 8.44. The number of carbonyl (C=O) groups excluding carboxylic acids is 4. The lowest BCUT2D eigenvalue weighted by atomic mass is 9.77. The van der Waals surface area contributed by atoms with E-state index in [1.165, 1.54) is 49.9 Å². The Morgan fingerprint density at radius 3 is 2.18 bits per heavy atom. The minimum atomic E-state index is -4.94. The monoisotopic (exact) mass is 829 g/mol. The third-order valence-corrected chi connectivity index (χ3v) is 11.5. The molecule has 3 aromatic carbocycles. The molecule has 2 aliphatic heterocycles. The van der Waals surface area contributed by atoms with Crippen LogP contribution in [0.3, 0.4) is 0 Å². The summed E-state index contributed by atoms with van der Waals surface area (Å²) >= 11 is 6.78. The van der Waals surface area contributed by atoms with Crippen molar-refractivity contribution in [2.24, 2.45) is 5.73 Å². The number of benzene rings is 3. The lowest BCUT2D eigenvalue weighted by Crippen LogP contribution is -2.54. The summed E-state index contributed by atoms with van der Waals surface area (Å²) in [7, 11) is -4.94. The highest BCUT2D eigenvalue weighted by atomic mass is 32.2. The number of fused-ring (bicyclic) bond motifs is 6. The lowest BCUT2D eigenvalue weighted by Gasteiger charge is -2.36. The maximum Gasteiger partial charge on any atom is 0.348 e. The van der Waals surface area contributed by atoms with Crippen LogP contribution in [0, 0.1) is 0 Å². The van der Waals surface area contributed by atoms with Gasteiger partial charge in [0.05, 0.1) is 11.6 Å². The van der Waals surface area contributed by atoms with E-state index < -0.39 is 54.8 Å². The lowest BCUT2D eigenvalue weighted by molar-refractivity contribution is -0.148. The predicted octanol–water partition coefficient (Wildman–Crippen LogP) is 3.98. The molecule has 1 unspecified atom stereocenters. The van der Waals surface area contributed by atoms with Gasteiger partial charge in [-0.3, -0.25) is 23.8 Å². The zero-order chi connectivity index (χ0) is 40.9. The van der Waals surface area contributed by atoms with Gasteiger partial charge in [-0.1, -0.05) is 12.5 Å². The quantitative estimate of drug-likeness (QED) is 0.0467. The van der Waals surface area contributed by atoms with Crippen LogP contribution in [0.2, 0.25) is 0 Å². The molecule has 56 heavy (non-hydrogen) atoms. The zero-order valence-corrected chi connectivity index (χ0v) is 33.3. The minimum Gasteiger partial charge on any atom is -0.508 e. The average molecular weight is 830 g/mol. The van der Waals surface area contributed by atoms with E-state index in [4.69, 9.17) is 27.4 Å². The number of rotatable bonds is 15. The Morgan fingerprint density at radius 2 is 1.59 bits per heavy atom. The van der Waals surface area contributed by atoms with E-state index in [1.54, 1.807) is 36.6 Å². The molecule has 16 nitrogen and oxygen atoms in total. The molecule has 0 saturated heterocycles. The van der Waals surface area contributed by atoms with Crippen molar-refractivity contribution >= 4 is 66.1 Å². The molecule has 0 radical (unpaired) electrons. The van der Waals surface area contributed by atoms with Gasteiger partial charge in [0, 0.05) is 47.5 Å². The summed E-state index contributed by atoms with van der Waals surface area (Å²) in [5.74, 6) is -3.94. The first-order chi connectivity index (χ1) is 26.5. The van der Waals surface area contributed by atoms with E-state index in [0.717, 1.165) is 0 Å². The van der Waals surface area contributed by atoms with Crippen LogP contribution in [0.4, 0.5) is 5.69 Å². The third-order valence-electron chi connectivity index (χ3n) is 9.30. The van der Waals surface area contributed by atoms with Crippen LogP contribution in [0.25, 0.3) is 0 Å². The Bertz CT molecular complexity index is 2030. The second-order valence-electron chi connectivity index (χ2n) is 13.5. The van der Waals surface area contributed by atoms with Crippen LogP contribution in [-0.4, -0.2) is 90.1 Å². The minimum absolute atomic E-state index is 0.0517. The van der Waals surface area contributed by atoms with Crippen molar-refractivity contribution < 1.29 is 53.2 Å². The summed E-state index contributed by atoms with van der Waals surface area (Å²) < 4.78 is 24.6. The van der Waals surface area contributed by atoms with E-state index in [0.29, 0.717) is 53.1 Å². The molecule has 3 atom stereocenters. The molecule has 0 aliphatic carbocycles. The van der Waals surface area contributed by atoms with Crippen LogP contribution in [0.15, 0.2) is 54.6 Å². The summed E-state index contributed by atoms with van der Waals surface area (Å²) in [6.07, 6.45) is 2.77. The van der Waals surface area contributed by atoms with Crippen molar-refractivity contribution in [3.8, 4) is 23.0 Å². The fourth-order valence-electron chi connectivity index (χ4n) is 6.58. The van der Waals surface area contributed by atoms with Gasteiger partial charge < -0.3 is 51.2 Å². The fraction of sp³-hybridized carbons (Fsp3) is 0.378. The van der Waals surface area contributed by atoms with Crippen LogP contribution in [0.1, 0.15) is 73.0 Å². The van der Waals surface area contributed by atoms with Gasteiger partial charge >= 0.3 is 13.6 Å². The Balaban J connectivity index is 1.19. The van der Waals surface area contributed by atoms with Gasteiger partial charge in [-0.25, -0.2) is 4.79 Å². The third kappa shape index (κ3) is 9.12. The summed E-state index contributed by atoms with van der Waals surface area (Å²) in [4.78, 5) is 73.1. The number of aromatic hydroxyl groups is 2. The number of unbranched alkanes of at least 4 members (excludes halogenated alkanes) is 2. The van der Waals surface area contributed by atoms with E-state index in [9.17, 15) is 43.7 Å². The largest absolute Gasteiger partial charge is 0.508 e. The number of thiocarbonyl (C=S) groups is 1. The predicted molar refractivity (Wildman–Crippen MR) is 213 cm³/mol. The number of esters is 1. The molecule has 19 heteroatoms. The van der Waals surface area contributed by atoms with Gasteiger partial charge in [0.15, 0.2) is 10.7 Å². The van der Waals surface area contributed by atoms with Gasteiger partial charge in [-0.2, -0.15) is 11.8 Å². The number of amides is 3. The van der Waals surface area contributed by atoms with Gasteiger partial charge in [0.25, 0.3) is 5.91 Å². The van der Waals surface area contributed by atoms with Gasteiger partial charge in [-0.15, -0.1) is 0 Å². The number of hydrogen-bond acceptors (Lipinski definition) is 12. The number of nitrogens with zero attached hydrogens (tertiary/aromatic N) is 1. The van der Waals surface area contributed by atoms with Gasteiger partial charge in [0.1, 0.15) is 34.8 Å². The van der Waals surface area contributed by atoms with Crippen molar-refractivity contribution in [2.45, 2.75) is 69.4 Å². The number of nitrogens with two attached hydrogens (primary N) is 1. The number of ether oxygens (including phenoxy) is 2. The smallest absolute Gasteiger partial charge is 0.348 e. The van der Waals surface area contributed by atoms with Crippen molar-refractivity contribution in [3.05, 3.63) is 76.9 Å². The molecule has 9 N–H and O–H groups in total. The van der Waals surface area contributed by atoms with Gasteiger partial charge in [0.2, 0.25) is 11.8 Å². The molecular formula is C37H44N5O11PS2. The first-order valence-corrected chi connectivity index (χ1v) is 21.2. The molecule has 0 bridgehead atoms. The van der Waals surface area contributed by atoms with Crippen molar-refractivity contribution in [1.29, 1.82) is 0 Å². The topological polar surface area (TPSA) is 250 Å². The highest BCUT2D eigenvalue weighted by molar-refractivity contribution is 7.98. The molecule has 2 heterocycles. The number of imide groups is 1. The number of anilines is 1. The van der Waals surface area contributed by atoms with Gasteiger partial charge in [-0.05, 0) is 93.7 Å². The SMILES string of the molecule is CSCCC(N(C(=O)CCCCCNC(=S)Nc1ccc2c(c1)C(=O)OC21c2ccc(O)cc2Oc2cc(O)ccc21)C(=O)[C@H](C)NC(=O)[C@H](C)N)P(=O)(O)O. The second kappa shape index (κ2) is 17.6. The Morgan fingerprint density at radius 1 is 0.964 bits per heavy atom. The molecule has 3 amide bonds. The molecule has 5 rings (SSSR count). The maximum atomic E-state index is 13.4. The Kier molecular flexibility index (Phi) is 13.3. The van der Waals surface area contributed by atoms with Crippen molar-refractivity contribution in [2.75, 3.05) is 23.9 Å². The van der Waals surface area contributed by atoms with Crippen LogP contribution in [0.5, 0.6) is 23.0 Å². The number of carbonyl (C=O) groups is 4. The van der Waals surface area contributed by atoms with E-state index in [-0.39, 0.29) is 52.3 Å². The molecule has 1 spiro atoms. The molecule has 3 aromatic rings. The molecule has 0 aromatic heterocycles. The number of hydrogen-bond donors (Lipinski definition) is 8. The van der Waals surface area contributed by atoms with Crippen molar-refractivity contribution in [1.82, 2.24) is 15.5 Å². The van der Waals surface area contributed by atoms with Crippen LogP contribution >= 0.6 is 31.6 Å². The summed E-state index contributed by atoms with van der Waals surface area (Å²) in [6, 6.07) is 11.9. The Hall–Kier alpha value is -4.71. The number of nitrogens with one attached hydrogen (secondary N) is 3. The molecule has 0 fully saturated rings. The summed E-state index contributed by atoms with van der Waals surface area (Å²) in [5, 5.41) is 29.1. The molecule has 2 aliphatic rings. The highest BCUT2D eigenvalue weighted by Gasteiger charge is 2.53. The average Bonchev–Trinajstić information content (AvgIpc) is 3.41. The van der Waals surface area contributed by atoms with Crippen molar-refractivity contribution in [3.63, 3.8) is 0 Å². The Labute approximate surface area is 332 Å². The number of thioether (sulfide) groups is 1. The summed E-state index contributed by atoms with van der Waals surface area (Å²) in [6.45, 7) is 3.13. The zero-order valence-electron chi connectivity index (χ0n) is 30.8. The maximum absolute atomic E-state index is 13.4.